The van der Waals surface area contributed by atoms with Gasteiger partial charge in [0.05, 0.1) is 5.56 Å². The second-order valence-corrected chi connectivity index (χ2v) is 4.95. The molecule has 0 aliphatic carbocycles. The zero-order valence-corrected chi connectivity index (χ0v) is 11.8. The molecule has 22 heavy (non-hydrogen) atoms. The Balaban J connectivity index is 2.76. The van der Waals surface area contributed by atoms with Crippen molar-refractivity contribution in [3.63, 3.8) is 0 Å². The maximum atomic E-state index is 12.8. The Labute approximate surface area is 123 Å². The summed E-state index contributed by atoms with van der Waals surface area (Å²) in [5, 5.41) is 0. The van der Waals surface area contributed by atoms with E-state index >= 15 is 0 Å². The van der Waals surface area contributed by atoms with E-state index in [1.54, 1.807) is 0 Å². The highest BCUT2D eigenvalue weighted by Gasteiger charge is 2.56. The van der Waals surface area contributed by atoms with Crippen molar-refractivity contribution in [3.05, 3.63) is 35.4 Å². The first-order valence-electron chi connectivity index (χ1n) is 6.32. The third-order valence-electron chi connectivity index (χ3n) is 3.43. The van der Waals surface area contributed by atoms with Gasteiger partial charge in [-0.3, -0.25) is 4.79 Å². The largest absolute Gasteiger partial charge is 0.460 e. The van der Waals surface area contributed by atoms with Crippen LogP contribution in [0.1, 0.15) is 31.4 Å². The van der Waals surface area contributed by atoms with E-state index in [0.717, 1.165) is 31.2 Å². The molecule has 8 heteroatoms. The lowest BCUT2D eigenvalue weighted by atomic mass is 9.87. The summed E-state index contributed by atoms with van der Waals surface area (Å²) in [4.78, 5) is 11.6. The standard InChI is InChI=1S/C14H14F6O2/c1-3-12(2,14(18,19)20)11(21)22-8-9-4-6-10(7-5-9)13(15,16)17/h4-7H,3,8H2,1-2H3. The molecule has 1 unspecified atom stereocenters. The zero-order chi connectivity index (χ0) is 17.2. The topological polar surface area (TPSA) is 26.3 Å². The van der Waals surface area contributed by atoms with Gasteiger partial charge in [-0.2, -0.15) is 26.3 Å². The van der Waals surface area contributed by atoms with E-state index in [4.69, 9.17) is 0 Å². The van der Waals surface area contributed by atoms with Crippen molar-refractivity contribution in [3.8, 4) is 0 Å². The van der Waals surface area contributed by atoms with Crippen molar-refractivity contribution < 1.29 is 35.9 Å². The molecule has 1 atom stereocenters. The minimum absolute atomic E-state index is 0.168. The molecular weight excluding hydrogens is 314 g/mol. The fourth-order valence-corrected chi connectivity index (χ4v) is 1.56. The van der Waals surface area contributed by atoms with Crippen LogP contribution in [-0.2, 0) is 22.3 Å². The van der Waals surface area contributed by atoms with Gasteiger partial charge in [-0.15, -0.1) is 0 Å². The monoisotopic (exact) mass is 328 g/mol. The van der Waals surface area contributed by atoms with Crippen LogP contribution in [0.4, 0.5) is 26.3 Å². The van der Waals surface area contributed by atoms with Gasteiger partial charge in [-0.25, -0.2) is 0 Å². The van der Waals surface area contributed by atoms with Gasteiger partial charge >= 0.3 is 18.3 Å². The van der Waals surface area contributed by atoms with Crippen LogP contribution in [0.3, 0.4) is 0 Å². The fourth-order valence-electron chi connectivity index (χ4n) is 1.56. The highest BCUT2D eigenvalue weighted by Crippen LogP contribution is 2.41. The summed E-state index contributed by atoms with van der Waals surface area (Å²) in [6, 6.07) is 3.64. The van der Waals surface area contributed by atoms with Crippen molar-refractivity contribution in [2.24, 2.45) is 5.41 Å². The molecule has 0 saturated carbocycles. The Morgan fingerprint density at radius 1 is 1.05 bits per heavy atom. The SMILES string of the molecule is CCC(C)(C(=O)OCc1ccc(C(F)(F)F)cc1)C(F)(F)F. The van der Waals surface area contributed by atoms with Gasteiger partial charge < -0.3 is 4.74 Å². The third-order valence-corrected chi connectivity index (χ3v) is 3.43. The summed E-state index contributed by atoms with van der Waals surface area (Å²) in [5.41, 5.74) is -3.36. The average Bonchev–Trinajstić information content (AvgIpc) is 2.42. The summed E-state index contributed by atoms with van der Waals surface area (Å²) in [7, 11) is 0. The molecule has 0 amide bonds. The number of benzene rings is 1. The number of rotatable bonds is 4. The van der Waals surface area contributed by atoms with E-state index in [0.29, 0.717) is 0 Å². The minimum atomic E-state index is -4.76. The second kappa shape index (κ2) is 6.18. The molecule has 2 nitrogen and oxygen atoms in total. The lowest BCUT2D eigenvalue weighted by Crippen LogP contribution is -2.43. The lowest BCUT2D eigenvalue weighted by molar-refractivity contribution is -0.231. The van der Waals surface area contributed by atoms with Crippen molar-refractivity contribution in [1.29, 1.82) is 0 Å². The molecule has 0 fully saturated rings. The normalized spacial score (nSPS) is 15.3. The summed E-state index contributed by atoms with van der Waals surface area (Å²) >= 11 is 0. The maximum Gasteiger partial charge on any atom is 0.416 e. The van der Waals surface area contributed by atoms with Crippen molar-refractivity contribution in [1.82, 2.24) is 0 Å². The lowest BCUT2D eigenvalue weighted by Gasteiger charge is -2.28. The van der Waals surface area contributed by atoms with Crippen LogP contribution < -0.4 is 0 Å². The zero-order valence-electron chi connectivity index (χ0n) is 11.8. The van der Waals surface area contributed by atoms with E-state index < -0.39 is 42.3 Å². The molecule has 124 valence electrons. The number of ether oxygens (including phenoxy) is 1. The summed E-state index contributed by atoms with van der Waals surface area (Å²) in [6.45, 7) is 1.40. The molecule has 0 bridgehead atoms. The van der Waals surface area contributed by atoms with Crippen LogP contribution in [0.5, 0.6) is 0 Å². The molecule has 0 spiro atoms. The number of hydrogen-bond donors (Lipinski definition) is 0. The Hall–Kier alpha value is -1.73. The highest BCUT2D eigenvalue weighted by molar-refractivity contribution is 5.77. The number of carbonyl (C=O) groups excluding carboxylic acids is 1. The molecule has 0 aliphatic heterocycles. The van der Waals surface area contributed by atoms with Gasteiger partial charge in [0, 0.05) is 0 Å². The predicted molar refractivity (Wildman–Crippen MR) is 65.7 cm³/mol. The number of alkyl halides is 6. The average molecular weight is 328 g/mol. The first-order valence-corrected chi connectivity index (χ1v) is 6.32. The summed E-state index contributed by atoms with van der Waals surface area (Å²) in [6.07, 6.45) is -9.77. The van der Waals surface area contributed by atoms with Gasteiger partial charge in [0.15, 0.2) is 5.41 Å². The second-order valence-electron chi connectivity index (χ2n) is 4.95. The van der Waals surface area contributed by atoms with Gasteiger partial charge in [-0.1, -0.05) is 19.1 Å². The smallest absolute Gasteiger partial charge is 0.416 e. The molecule has 0 aliphatic rings. The van der Waals surface area contributed by atoms with Crippen LogP contribution in [0, 0.1) is 5.41 Å². The molecule has 1 rings (SSSR count). The minimum Gasteiger partial charge on any atom is -0.460 e. The van der Waals surface area contributed by atoms with E-state index in [1.807, 2.05) is 0 Å². The van der Waals surface area contributed by atoms with E-state index in [1.165, 1.54) is 6.92 Å². The summed E-state index contributed by atoms with van der Waals surface area (Å²) < 4.78 is 80.2. The number of hydrogen-bond acceptors (Lipinski definition) is 2. The number of esters is 1. The van der Waals surface area contributed by atoms with Crippen molar-refractivity contribution in [2.75, 3.05) is 0 Å². The first kappa shape index (κ1) is 18.3. The quantitative estimate of drug-likeness (QED) is 0.590. The Morgan fingerprint density at radius 3 is 1.91 bits per heavy atom. The van der Waals surface area contributed by atoms with Crippen LogP contribution in [0.2, 0.25) is 0 Å². The molecule has 0 aromatic heterocycles. The van der Waals surface area contributed by atoms with Gasteiger partial charge in [0.1, 0.15) is 6.61 Å². The van der Waals surface area contributed by atoms with Crippen molar-refractivity contribution >= 4 is 5.97 Å². The molecule has 0 radical (unpaired) electrons. The van der Waals surface area contributed by atoms with E-state index in [-0.39, 0.29) is 5.56 Å². The van der Waals surface area contributed by atoms with Crippen molar-refractivity contribution in [2.45, 2.75) is 39.2 Å². The van der Waals surface area contributed by atoms with Gasteiger partial charge in [0.25, 0.3) is 0 Å². The van der Waals surface area contributed by atoms with Crippen LogP contribution in [-0.4, -0.2) is 12.1 Å². The van der Waals surface area contributed by atoms with E-state index in [9.17, 15) is 31.1 Å². The van der Waals surface area contributed by atoms with Crippen LogP contribution in [0.25, 0.3) is 0 Å². The number of halogens is 6. The van der Waals surface area contributed by atoms with E-state index in [2.05, 4.69) is 4.74 Å². The molecule has 1 aromatic carbocycles. The molecule has 0 N–H and O–H groups in total. The van der Waals surface area contributed by atoms with Gasteiger partial charge in [-0.05, 0) is 31.0 Å². The molecule has 0 saturated heterocycles. The molecular formula is C14H14F6O2. The van der Waals surface area contributed by atoms with Crippen LogP contribution in [0.15, 0.2) is 24.3 Å². The molecule has 0 heterocycles. The maximum absolute atomic E-state index is 12.8. The number of carbonyl (C=O) groups is 1. The third kappa shape index (κ3) is 3.92. The summed E-state index contributed by atoms with van der Waals surface area (Å²) in [5.74, 6) is -1.46. The first-order chi connectivity index (χ1) is 9.91. The van der Waals surface area contributed by atoms with Crippen LogP contribution >= 0.6 is 0 Å². The van der Waals surface area contributed by atoms with Gasteiger partial charge in [0.2, 0.25) is 0 Å². The Morgan fingerprint density at radius 2 is 1.55 bits per heavy atom. The Bertz CT molecular complexity index is 518. The highest BCUT2D eigenvalue weighted by atomic mass is 19.4. The predicted octanol–water partition coefficient (Wildman–Crippen LogP) is 4.73. The Kier molecular flexibility index (Phi) is 5.14. The fraction of sp³-hybridized carbons (Fsp3) is 0.500. The molecule has 1 aromatic rings.